The lowest BCUT2D eigenvalue weighted by molar-refractivity contribution is -0.385. The fourth-order valence-electron chi connectivity index (χ4n) is 2.66. The zero-order chi connectivity index (χ0) is 24.8. The van der Waals surface area contributed by atoms with Gasteiger partial charge in [0.05, 0.1) is 22.9 Å². The Labute approximate surface area is 211 Å². The minimum Gasteiger partial charge on any atom is -0.502 e. The molecular weight excluding hydrogens is 550 g/mol. The molecule has 2 aromatic carbocycles. The Bertz CT molecular complexity index is 1240. The summed E-state index contributed by atoms with van der Waals surface area (Å²) in [4.78, 5) is 22.6. The molecular formula is C20H19BrClN7O4S. The minimum atomic E-state index is -0.764. The van der Waals surface area contributed by atoms with Gasteiger partial charge in [0, 0.05) is 33.9 Å². The summed E-state index contributed by atoms with van der Waals surface area (Å²) in [6, 6.07) is 10.0. The molecule has 0 bridgehead atoms. The Hall–Kier alpha value is -3.16. The number of halogens is 2. The lowest BCUT2D eigenvalue weighted by Gasteiger charge is -2.10. The summed E-state index contributed by atoms with van der Waals surface area (Å²) in [5, 5.41) is 36.3. The molecule has 11 nitrogen and oxygen atoms in total. The van der Waals surface area contributed by atoms with Gasteiger partial charge in [-0.15, -0.1) is 10.2 Å². The van der Waals surface area contributed by atoms with Crippen molar-refractivity contribution in [1.29, 1.82) is 0 Å². The molecule has 3 aromatic rings. The van der Waals surface area contributed by atoms with Gasteiger partial charge in [0.25, 0.3) is 5.91 Å². The van der Waals surface area contributed by atoms with Crippen molar-refractivity contribution in [3.8, 4) is 5.75 Å². The number of aromatic nitrogens is 3. The average molecular weight is 569 g/mol. The van der Waals surface area contributed by atoms with Crippen LogP contribution in [0.15, 0.2) is 51.1 Å². The average Bonchev–Trinajstić information content (AvgIpc) is 3.14. The lowest BCUT2D eigenvalue weighted by Crippen LogP contribution is -2.27. The van der Waals surface area contributed by atoms with Crippen molar-refractivity contribution >= 4 is 62.8 Å². The van der Waals surface area contributed by atoms with Gasteiger partial charge in [-0.25, -0.2) is 5.43 Å². The maximum Gasteiger partial charge on any atom is 0.312 e. The normalized spacial score (nSPS) is 12.0. The minimum absolute atomic E-state index is 0.00368. The number of nitrogens with one attached hydrogen (secondary N) is 2. The van der Waals surface area contributed by atoms with E-state index in [2.05, 4.69) is 42.0 Å². The van der Waals surface area contributed by atoms with Crippen molar-refractivity contribution in [3.63, 3.8) is 0 Å². The molecule has 3 N–H and O–H groups in total. The molecule has 1 atom stereocenters. The van der Waals surface area contributed by atoms with Gasteiger partial charge in [-0.05, 0) is 37.3 Å². The number of nitrogens with zero attached hydrogens (tertiary/aromatic N) is 5. The van der Waals surface area contributed by atoms with Crippen LogP contribution < -0.4 is 10.7 Å². The first-order valence-corrected chi connectivity index (χ1v) is 11.7. The number of aromatic hydroxyl groups is 1. The van der Waals surface area contributed by atoms with Gasteiger partial charge in [-0.3, -0.25) is 14.9 Å². The summed E-state index contributed by atoms with van der Waals surface area (Å²) in [7, 11) is 1.80. The van der Waals surface area contributed by atoms with E-state index in [4.69, 9.17) is 11.6 Å². The summed E-state index contributed by atoms with van der Waals surface area (Å²) < 4.78 is 2.77. The Morgan fingerprint density at radius 2 is 2.09 bits per heavy atom. The number of carbonyl (C=O) groups is 1. The predicted octanol–water partition coefficient (Wildman–Crippen LogP) is 4.09. The van der Waals surface area contributed by atoms with E-state index in [-0.39, 0.29) is 10.6 Å². The molecule has 3 rings (SSSR count). The van der Waals surface area contributed by atoms with E-state index in [1.54, 1.807) is 18.5 Å². The second kappa shape index (κ2) is 11.3. The Morgan fingerprint density at radius 1 is 1.38 bits per heavy atom. The second-order valence-corrected chi connectivity index (χ2v) is 9.59. The third kappa shape index (κ3) is 6.46. The molecule has 0 radical (unpaired) electrons. The smallest absolute Gasteiger partial charge is 0.312 e. The summed E-state index contributed by atoms with van der Waals surface area (Å²) >= 11 is 10.4. The number of phenols is 1. The van der Waals surface area contributed by atoms with E-state index in [0.29, 0.717) is 17.5 Å². The lowest BCUT2D eigenvalue weighted by atomic mass is 10.2. The van der Waals surface area contributed by atoms with Crippen molar-refractivity contribution in [3.05, 3.63) is 67.4 Å². The van der Waals surface area contributed by atoms with Crippen molar-refractivity contribution in [2.24, 2.45) is 12.1 Å². The van der Waals surface area contributed by atoms with Crippen LogP contribution in [-0.2, 0) is 18.4 Å². The molecule has 0 aliphatic heterocycles. The van der Waals surface area contributed by atoms with Crippen LogP contribution in [0.25, 0.3) is 0 Å². The van der Waals surface area contributed by atoms with Crippen LogP contribution in [0.3, 0.4) is 0 Å². The Kier molecular flexibility index (Phi) is 8.47. The molecule has 0 spiro atoms. The van der Waals surface area contributed by atoms with Crippen LogP contribution in [-0.4, -0.2) is 42.2 Å². The number of nitro groups is 1. The number of anilines is 1. The van der Waals surface area contributed by atoms with Crippen LogP contribution >= 0.6 is 39.3 Å². The first-order chi connectivity index (χ1) is 16.2. The number of hydrogen-bond acceptors (Lipinski definition) is 9. The van der Waals surface area contributed by atoms with Gasteiger partial charge in [-0.2, -0.15) is 5.10 Å². The summed E-state index contributed by atoms with van der Waals surface area (Å²) in [5.74, 6) is -0.345. The van der Waals surface area contributed by atoms with E-state index in [9.17, 15) is 20.0 Å². The van der Waals surface area contributed by atoms with Crippen molar-refractivity contribution in [2.45, 2.75) is 23.9 Å². The zero-order valence-corrected chi connectivity index (χ0v) is 21.1. The molecule has 1 unspecified atom stereocenters. The molecule has 0 aliphatic carbocycles. The molecule has 1 heterocycles. The number of nitro benzene ring substituents is 1. The SMILES string of the molecule is CC(Sc1nnc(CNc2ccc(Br)cc2)n1C)C(=O)N/N=C\c1cc(Cl)cc([N+](=O)[O-])c1O. The highest BCUT2D eigenvalue weighted by Crippen LogP contribution is 2.32. The molecule has 0 saturated heterocycles. The first kappa shape index (κ1) is 25.5. The van der Waals surface area contributed by atoms with Gasteiger partial charge in [0.15, 0.2) is 11.0 Å². The molecule has 0 fully saturated rings. The number of thioether (sulfide) groups is 1. The number of carbonyl (C=O) groups excluding carboxylic acids is 1. The van der Waals surface area contributed by atoms with Crippen molar-refractivity contribution in [2.75, 3.05) is 5.32 Å². The van der Waals surface area contributed by atoms with Gasteiger partial charge in [0.2, 0.25) is 5.75 Å². The Balaban J connectivity index is 1.58. The fraction of sp³-hybridized carbons (Fsp3) is 0.200. The summed E-state index contributed by atoms with van der Waals surface area (Å²) in [6.07, 6.45) is 1.08. The summed E-state index contributed by atoms with van der Waals surface area (Å²) in [6.45, 7) is 2.12. The molecule has 1 amide bonds. The highest BCUT2D eigenvalue weighted by Gasteiger charge is 2.20. The van der Waals surface area contributed by atoms with Crippen molar-refractivity contribution < 1.29 is 14.8 Å². The van der Waals surface area contributed by atoms with Crippen LogP contribution in [0.5, 0.6) is 5.75 Å². The standard InChI is InChI=1S/C20H19BrClN7O4S/c1-11(19(31)26-24-9-12-7-14(22)8-16(18(12)30)29(32)33)34-20-27-25-17(28(20)2)10-23-15-5-3-13(21)4-6-15/h3-9,11,23,30H,10H2,1-2H3,(H,26,31)/b24-9-. The number of hydrazone groups is 1. The Morgan fingerprint density at radius 3 is 2.76 bits per heavy atom. The van der Waals surface area contributed by atoms with Crippen LogP contribution in [0.2, 0.25) is 5.02 Å². The van der Waals surface area contributed by atoms with Crippen LogP contribution in [0, 0.1) is 10.1 Å². The van der Waals surface area contributed by atoms with Crippen LogP contribution in [0.1, 0.15) is 18.3 Å². The molecule has 1 aromatic heterocycles. The number of benzene rings is 2. The highest BCUT2D eigenvalue weighted by molar-refractivity contribution is 9.10. The second-order valence-electron chi connectivity index (χ2n) is 6.93. The molecule has 34 heavy (non-hydrogen) atoms. The molecule has 0 saturated carbocycles. The van der Waals surface area contributed by atoms with E-state index >= 15 is 0 Å². The fourth-order valence-corrected chi connectivity index (χ4v) is 3.97. The quantitative estimate of drug-likeness (QED) is 0.151. The largest absolute Gasteiger partial charge is 0.502 e. The van der Waals surface area contributed by atoms with Gasteiger partial charge in [0.1, 0.15) is 0 Å². The summed E-state index contributed by atoms with van der Waals surface area (Å²) in [5.41, 5.74) is 2.71. The zero-order valence-electron chi connectivity index (χ0n) is 17.9. The van der Waals surface area contributed by atoms with E-state index < -0.39 is 27.5 Å². The van der Waals surface area contributed by atoms with Gasteiger partial charge >= 0.3 is 5.69 Å². The van der Waals surface area contributed by atoms with Gasteiger partial charge < -0.3 is 15.0 Å². The number of amides is 1. The third-order valence-corrected chi connectivity index (χ3v) is 6.41. The topological polar surface area (TPSA) is 148 Å². The predicted molar refractivity (Wildman–Crippen MR) is 133 cm³/mol. The number of phenolic OH excluding ortho intramolecular Hbond substituents is 1. The molecule has 14 heteroatoms. The van der Waals surface area contributed by atoms with Crippen molar-refractivity contribution in [1.82, 2.24) is 20.2 Å². The monoisotopic (exact) mass is 567 g/mol. The van der Waals surface area contributed by atoms with Crippen LogP contribution in [0.4, 0.5) is 11.4 Å². The maximum atomic E-state index is 12.4. The third-order valence-electron chi connectivity index (χ3n) is 4.53. The van der Waals surface area contributed by atoms with E-state index in [1.807, 2.05) is 24.3 Å². The van der Waals surface area contributed by atoms with E-state index in [0.717, 1.165) is 22.4 Å². The van der Waals surface area contributed by atoms with Gasteiger partial charge in [-0.1, -0.05) is 39.3 Å². The van der Waals surface area contributed by atoms with E-state index in [1.165, 1.54) is 17.8 Å². The maximum absolute atomic E-state index is 12.4. The number of rotatable bonds is 9. The molecule has 0 aliphatic rings. The first-order valence-electron chi connectivity index (χ1n) is 9.70. The number of hydrogen-bond donors (Lipinski definition) is 3. The highest BCUT2D eigenvalue weighted by atomic mass is 79.9. The molecule has 178 valence electrons.